The van der Waals surface area contributed by atoms with Crippen LogP contribution >= 0.6 is 12.6 Å². The Labute approximate surface area is 130 Å². The zero-order valence-corrected chi connectivity index (χ0v) is 12.7. The summed E-state index contributed by atoms with van der Waals surface area (Å²) in [4.78, 5) is 24.2. The van der Waals surface area contributed by atoms with Crippen molar-refractivity contribution in [3.8, 4) is 5.75 Å². The number of rotatable bonds is 3. The fourth-order valence-corrected chi connectivity index (χ4v) is 2.61. The maximum Gasteiger partial charge on any atom is 0.343 e. The average Bonchev–Trinajstić information content (AvgIpc) is 3.30. The SMILES string of the molecule is CCOC(=O)c1cn(C2CC2)c2c(F)c(S)c(O)cc2c1=O. The predicted molar refractivity (Wildman–Crippen MR) is 81.3 cm³/mol. The third-order valence-electron chi connectivity index (χ3n) is 3.65. The van der Waals surface area contributed by atoms with Gasteiger partial charge in [0.25, 0.3) is 0 Å². The van der Waals surface area contributed by atoms with Crippen molar-refractivity contribution in [2.75, 3.05) is 6.61 Å². The Bertz CT molecular complexity index is 842. The molecule has 1 N–H and O–H groups in total. The lowest BCUT2D eigenvalue weighted by molar-refractivity contribution is 0.0524. The van der Waals surface area contributed by atoms with Crippen molar-refractivity contribution in [1.82, 2.24) is 4.57 Å². The van der Waals surface area contributed by atoms with E-state index in [4.69, 9.17) is 4.74 Å². The molecule has 0 aliphatic heterocycles. The van der Waals surface area contributed by atoms with Gasteiger partial charge in [-0.3, -0.25) is 4.79 Å². The van der Waals surface area contributed by atoms with Gasteiger partial charge in [-0.2, -0.15) is 0 Å². The van der Waals surface area contributed by atoms with Gasteiger partial charge in [0.05, 0.1) is 22.4 Å². The van der Waals surface area contributed by atoms with E-state index in [1.54, 1.807) is 11.5 Å². The number of benzene rings is 1. The summed E-state index contributed by atoms with van der Waals surface area (Å²) in [5.74, 6) is -1.95. The molecule has 0 atom stereocenters. The van der Waals surface area contributed by atoms with Gasteiger partial charge in [-0.25, -0.2) is 9.18 Å². The summed E-state index contributed by atoms with van der Waals surface area (Å²) in [6.07, 6.45) is 3.01. The second-order valence-corrected chi connectivity index (χ2v) is 5.63. The summed E-state index contributed by atoms with van der Waals surface area (Å²) in [5, 5.41) is 9.67. The van der Waals surface area contributed by atoms with Gasteiger partial charge in [-0.05, 0) is 25.8 Å². The Balaban J connectivity index is 2.38. The third kappa shape index (κ3) is 2.25. The first kappa shape index (κ1) is 14.9. The Hall–Kier alpha value is -2.02. The minimum absolute atomic E-state index is 0.0306. The molecule has 1 saturated carbocycles. The van der Waals surface area contributed by atoms with E-state index >= 15 is 0 Å². The van der Waals surface area contributed by atoms with Crippen molar-refractivity contribution >= 4 is 29.5 Å². The first-order valence-corrected chi connectivity index (χ1v) is 7.36. The van der Waals surface area contributed by atoms with Crippen LogP contribution in [0.15, 0.2) is 22.0 Å². The van der Waals surface area contributed by atoms with Gasteiger partial charge in [-0.1, -0.05) is 0 Å². The van der Waals surface area contributed by atoms with Crippen LogP contribution in [0, 0.1) is 5.82 Å². The van der Waals surface area contributed by atoms with Gasteiger partial charge < -0.3 is 14.4 Å². The summed E-state index contributed by atoms with van der Waals surface area (Å²) < 4.78 is 20.9. The maximum atomic E-state index is 14.5. The molecule has 1 aromatic heterocycles. The van der Waals surface area contributed by atoms with Crippen LogP contribution in [0.5, 0.6) is 5.75 Å². The van der Waals surface area contributed by atoms with Crippen LogP contribution in [0.3, 0.4) is 0 Å². The Morgan fingerprint density at radius 3 is 2.82 bits per heavy atom. The van der Waals surface area contributed by atoms with E-state index in [1.165, 1.54) is 6.20 Å². The highest BCUT2D eigenvalue weighted by molar-refractivity contribution is 7.80. The molecule has 5 nitrogen and oxygen atoms in total. The number of pyridine rings is 1. The second kappa shape index (κ2) is 5.31. The van der Waals surface area contributed by atoms with E-state index < -0.39 is 23.0 Å². The first-order chi connectivity index (χ1) is 10.5. The van der Waals surface area contributed by atoms with Crippen LogP contribution in [0.1, 0.15) is 36.2 Å². The van der Waals surface area contributed by atoms with Gasteiger partial charge in [0.2, 0.25) is 5.43 Å². The molecule has 0 amide bonds. The van der Waals surface area contributed by atoms with E-state index in [9.17, 15) is 19.1 Å². The van der Waals surface area contributed by atoms with E-state index in [2.05, 4.69) is 12.6 Å². The summed E-state index contributed by atoms with van der Waals surface area (Å²) >= 11 is 3.93. The molecule has 0 spiro atoms. The number of hydrogen-bond acceptors (Lipinski definition) is 5. The Morgan fingerprint density at radius 1 is 1.55 bits per heavy atom. The molecule has 1 fully saturated rings. The molecular weight excluding hydrogens is 309 g/mol. The number of carbonyl (C=O) groups excluding carboxylic acids is 1. The summed E-state index contributed by atoms with van der Waals surface area (Å²) in [7, 11) is 0. The lowest BCUT2D eigenvalue weighted by atomic mass is 10.1. The largest absolute Gasteiger partial charge is 0.507 e. The number of halogens is 1. The minimum Gasteiger partial charge on any atom is -0.507 e. The molecule has 0 unspecified atom stereocenters. The van der Waals surface area contributed by atoms with E-state index in [1.807, 2.05) is 0 Å². The van der Waals surface area contributed by atoms with Gasteiger partial charge in [0.1, 0.15) is 11.3 Å². The van der Waals surface area contributed by atoms with Gasteiger partial charge in [-0.15, -0.1) is 12.6 Å². The third-order valence-corrected chi connectivity index (χ3v) is 4.07. The average molecular weight is 323 g/mol. The van der Waals surface area contributed by atoms with Crippen LogP contribution in [0.25, 0.3) is 10.9 Å². The lowest BCUT2D eigenvalue weighted by Crippen LogP contribution is -2.21. The zero-order chi connectivity index (χ0) is 16.0. The molecule has 0 bridgehead atoms. The topological polar surface area (TPSA) is 68.5 Å². The number of phenolic OH excluding ortho intramolecular Hbond substituents is 1. The van der Waals surface area contributed by atoms with Crippen LogP contribution in [0.2, 0.25) is 0 Å². The Kier molecular flexibility index (Phi) is 3.60. The molecule has 1 aliphatic carbocycles. The number of ether oxygens (including phenoxy) is 1. The molecule has 7 heteroatoms. The van der Waals surface area contributed by atoms with Crippen LogP contribution in [-0.2, 0) is 4.74 Å². The smallest absolute Gasteiger partial charge is 0.343 e. The highest BCUT2D eigenvalue weighted by Crippen LogP contribution is 2.39. The molecular formula is C15H14FNO4S. The van der Waals surface area contributed by atoms with Crippen LogP contribution in [-0.4, -0.2) is 22.2 Å². The van der Waals surface area contributed by atoms with Gasteiger partial charge in [0.15, 0.2) is 5.82 Å². The molecule has 3 rings (SSSR count). The molecule has 116 valence electrons. The van der Waals surface area contributed by atoms with Gasteiger partial charge >= 0.3 is 5.97 Å². The van der Waals surface area contributed by atoms with E-state index in [-0.39, 0.29) is 34.0 Å². The fraction of sp³-hybridized carbons (Fsp3) is 0.333. The van der Waals surface area contributed by atoms with Crippen LogP contribution in [0.4, 0.5) is 4.39 Å². The number of carbonyl (C=O) groups is 1. The monoisotopic (exact) mass is 323 g/mol. The first-order valence-electron chi connectivity index (χ1n) is 6.92. The van der Waals surface area contributed by atoms with Crippen molar-refractivity contribution < 1.29 is 19.0 Å². The van der Waals surface area contributed by atoms with Crippen LogP contribution < -0.4 is 5.43 Å². The van der Waals surface area contributed by atoms with E-state index in [0.717, 1.165) is 18.9 Å². The Morgan fingerprint density at radius 2 is 2.23 bits per heavy atom. The number of aromatic nitrogens is 1. The number of fused-ring (bicyclic) bond motifs is 1. The molecule has 1 aromatic carbocycles. The summed E-state index contributed by atoms with van der Waals surface area (Å²) in [6, 6.07) is 1.17. The van der Waals surface area contributed by atoms with Gasteiger partial charge in [0, 0.05) is 12.2 Å². The predicted octanol–water partition coefficient (Wildman–Crippen LogP) is 2.65. The number of hydrogen-bond donors (Lipinski definition) is 2. The fourth-order valence-electron chi connectivity index (χ4n) is 2.44. The second-order valence-electron chi connectivity index (χ2n) is 5.19. The number of thiol groups is 1. The summed E-state index contributed by atoms with van der Waals surface area (Å²) in [5.41, 5.74) is -0.761. The summed E-state index contributed by atoms with van der Waals surface area (Å²) in [6.45, 7) is 1.77. The van der Waals surface area contributed by atoms with Crippen molar-refractivity contribution in [2.45, 2.75) is 30.7 Å². The van der Waals surface area contributed by atoms with Crippen molar-refractivity contribution in [1.29, 1.82) is 0 Å². The molecule has 0 saturated heterocycles. The number of esters is 1. The lowest BCUT2D eigenvalue weighted by Gasteiger charge is -2.14. The standard InChI is InChI=1S/C15H14FNO4S/c1-2-21-15(20)9-6-17(7-3-4-7)12-8(13(9)19)5-10(18)14(22)11(12)16/h5-7,18,22H,2-4H2,1H3. The minimum atomic E-state index is -0.766. The van der Waals surface area contributed by atoms with E-state index in [0.29, 0.717) is 0 Å². The highest BCUT2D eigenvalue weighted by atomic mass is 32.1. The highest BCUT2D eigenvalue weighted by Gasteiger charge is 2.29. The molecule has 2 aromatic rings. The van der Waals surface area contributed by atoms with Crippen molar-refractivity contribution in [3.05, 3.63) is 33.9 Å². The number of aromatic hydroxyl groups is 1. The maximum absolute atomic E-state index is 14.5. The number of phenols is 1. The number of nitrogens with zero attached hydrogens (tertiary/aromatic N) is 1. The quantitative estimate of drug-likeness (QED) is 0.673. The molecule has 0 radical (unpaired) electrons. The van der Waals surface area contributed by atoms with Crippen molar-refractivity contribution in [2.24, 2.45) is 0 Å². The molecule has 1 heterocycles. The molecule has 22 heavy (non-hydrogen) atoms. The zero-order valence-electron chi connectivity index (χ0n) is 11.8. The normalized spacial score (nSPS) is 14.3. The van der Waals surface area contributed by atoms with Crippen molar-refractivity contribution in [3.63, 3.8) is 0 Å². The molecule has 1 aliphatic rings.